The van der Waals surface area contributed by atoms with Crippen LogP contribution in [0.3, 0.4) is 0 Å². The highest BCUT2D eigenvalue weighted by Gasteiger charge is 2.13. The summed E-state index contributed by atoms with van der Waals surface area (Å²) in [6.45, 7) is 10.6. The van der Waals surface area contributed by atoms with Gasteiger partial charge in [0.25, 0.3) is 0 Å². The van der Waals surface area contributed by atoms with Gasteiger partial charge in [0.1, 0.15) is 12.4 Å². The lowest BCUT2D eigenvalue weighted by atomic mass is 10.1. The van der Waals surface area contributed by atoms with Gasteiger partial charge in [0, 0.05) is 17.6 Å². The number of nitrogens with one attached hydrogen (secondary N) is 1. The van der Waals surface area contributed by atoms with Gasteiger partial charge in [-0.25, -0.2) is 0 Å². The third-order valence-electron chi connectivity index (χ3n) is 3.07. The average molecular weight is 291 g/mol. The summed E-state index contributed by atoms with van der Waals surface area (Å²) >= 11 is 0. The molecule has 0 bridgehead atoms. The van der Waals surface area contributed by atoms with E-state index in [1.807, 2.05) is 16.9 Å². The monoisotopic (exact) mass is 291 g/mol. The molecule has 0 atom stereocenters. The van der Waals surface area contributed by atoms with E-state index < -0.39 is 0 Å². The minimum atomic E-state index is 0.0617. The van der Waals surface area contributed by atoms with Crippen molar-refractivity contribution in [1.29, 1.82) is 0 Å². The van der Waals surface area contributed by atoms with Crippen LogP contribution in [0, 0.1) is 0 Å². The molecule has 0 radical (unpaired) electrons. The van der Waals surface area contributed by atoms with Crippen LogP contribution in [0.1, 0.15) is 45.4 Å². The zero-order valence-electron chi connectivity index (χ0n) is 13.3. The van der Waals surface area contributed by atoms with Crippen LogP contribution in [-0.2, 0) is 19.7 Å². The molecule has 116 valence electrons. The first-order valence-electron chi connectivity index (χ1n) is 7.43. The Morgan fingerprint density at radius 2 is 2.19 bits per heavy atom. The first-order valence-corrected chi connectivity index (χ1v) is 7.43. The second-order valence-corrected chi connectivity index (χ2v) is 6.20. The molecule has 5 nitrogen and oxygen atoms in total. The summed E-state index contributed by atoms with van der Waals surface area (Å²) in [6.07, 6.45) is 6.45. The van der Waals surface area contributed by atoms with Crippen molar-refractivity contribution in [2.24, 2.45) is 0 Å². The van der Waals surface area contributed by atoms with E-state index in [4.69, 9.17) is 9.15 Å². The summed E-state index contributed by atoms with van der Waals surface area (Å²) < 4.78 is 13.2. The highest BCUT2D eigenvalue weighted by atomic mass is 16.5. The van der Waals surface area contributed by atoms with E-state index in [-0.39, 0.29) is 5.54 Å². The van der Waals surface area contributed by atoms with E-state index in [1.54, 1.807) is 12.5 Å². The Morgan fingerprint density at radius 1 is 1.38 bits per heavy atom. The fourth-order valence-corrected chi connectivity index (χ4v) is 1.93. The van der Waals surface area contributed by atoms with E-state index in [9.17, 15) is 0 Å². The maximum absolute atomic E-state index is 5.78. The van der Waals surface area contributed by atoms with Crippen molar-refractivity contribution in [2.75, 3.05) is 0 Å². The third-order valence-corrected chi connectivity index (χ3v) is 3.07. The Labute approximate surface area is 126 Å². The summed E-state index contributed by atoms with van der Waals surface area (Å²) in [6, 6.07) is 1.95. The molecule has 2 rings (SSSR count). The van der Waals surface area contributed by atoms with Gasteiger partial charge in [-0.3, -0.25) is 4.68 Å². The fraction of sp³-hybridized carbons (Fsp3) is 0.562. The molecule has 1 N–H and O–H groups in total. The zero-order chi connectivity index (χ0) is 15.3. The molecule has 0 unspecified atom stereocenters. The number of hydrogen-bond acceptors (Lipinski definition) is 4. The largest absolute Gasteiger partial charge is 0.485 e. The van der Waals surface area contributed by atoms with Gasteiger partial charge < -0.3 is 14.5 Å². The molecule has 0 aromatic carbocycles. The lowest BCUT2D eigenvalue weighted by Gasteiger charge is -2.20. The first kappa shape index (κ1) is 15.6. The summed E-state index contributed by atoms with van der Waals surface area (Å²) in [5.41, 5.74) is 1.13. The van der Waals surface area contributed by atoms with E-state index in [2.05, 4.69) is 38.1 Å². The van der Waals surface area contributed by atoms with Gasteiger partial charge in [0.2, 0.25) is 0 Å². The highest BCUT2D eigenvalue weighted by molar-refractivity contribution is 5.18. The van der Waals surface area contributed by atoms with Crippen LogP contribution in [0.4, 0.5) is 0 Å². The second-order valence-electron chi connectivity index (χ2n) is 6.20. The van der Waals surface area contributed by atoms with E-state index in [0.29, 0.717) is 13.2 Å². The number of furan rings is 1. The first-order chi connectivity index (χ1) is 9.98. The molecule has 0 aliphatic heterocycles. The van der Waals surface area contributed by atoms with Crippen molar-refractivity contribution in [3.05, 3.63) is 36.0 Å². The standard InChI is InChI=1S/C16H25N3O2/c1-5-7-19-11-14(9-18-19)21-12-13-6-8-20-15(13)10-17-16(2,3)4/h6,8-9,11,17H,5,7,10,12H2,1-4H3. The van der Waals surface area contributed by atoms with Gasteiger partial charge in [0.15, 0.2) is 5.75 Å². The van der Waals surface area contributed by atoms with Crippen LogP contribution in [0.25, 0.3) is 0 Å². The fourth-order valence-electron chi connectivity index (χ4n) is 1.93. The van der Waals surface area contributed by atoms with Gasteiger partial charge in [0.05, 0.1) is 25.2 Å². The molecule has 0 saturated heterocycles. The maximum Gasteiger partial charge on any atom is 0.157 e. The van der Waals surface area contributed by atoms with Crippen LogP contribution in [0.15, 0.2) is 29.1 Å². The van der Waals surface area contributed by atoms with E-state index in [1.165, 1.54) is 0 Å². The lowest BCUT2D eigenvalue weighted by Crippen LogP contribution is -2.35. The number of hydrogen-bond donors (Lipinski definition) is 1. The zero-order valence-corrected chi connectivity index (χ0v) is 13.3. The average Bonchev–Trinajstić information content (AvgIpc) is 3.02. The molecule has 0 amide bonds. The summed E-state index contributed by atoms with van der Waals surface area (Å²) in [4.78, 5) is 0. The Balaban J connectivity index is 1.89. The van der Waals surface area contributed by atoms with Crippen molar-refractivity contribution in [1.82, 2.24) is 15.1 Å². The van der Waals surface area contributed by atoms with Crippen molar-refractivity contribution < 1.29 is 9.15 Å². The quantitative estimate of drug-likeness (QED) is 0.850. The molecule has 0 fully saturated rings. The molecule has 0 saturated carbocycles. The van der Waals surface area contributed by atoms with Gasteiger partial charge in [-0.15, -0.1) is 0 Å². The van der Waals surface area contributed by atoms with E-state index >= 15 is 0 Å². The molecule has 2 aromatic rings. The molecule has 2 heterocycles. The predicted octanol–water partition coefficient (Wildman–Crippen LogP) is 3.35. The summed E-state index contributed by atoms with van der Waals surface area (Å²) in [7, 11) is 0. The highest BCUT2D eigenvalue weighted by Crippen LogP contribution is 2.16. The Morgan fingerprint density at radius 3 is 2.90 bits per heavy atom. The maximum atomic E-state index is 5.78. The summed E-state index contributed by atoms with van der Waals surface area (Å²) in [5, 5.41) is 7.67. The number of ether oxygens (including phenoxy) is 1. The van der Waals surface area contributed by atoms with Crippen LogP contribution in [0.2, 0.25) is 0 Å². The Bertz CT molecular complexity index is 552. The molecular weight excluding hydrogens is 266 g/mol. The van der Waals surface area contributed by atoms with Crippen molar-refractivity contribution >= 4 is 0 Å². The molecule has 0 spiro atoms. The number of aromatic nitrogens is 2. The van der Waals surface area contributed by atoms with Crippen LogP contribution in [-0.4, -0.2) is 15.3 Å². The molecular formula is C16H25N3O2. The molecule has 0 aliphatic carbocycles. The van der Waals surface area contributed by atoms with Gasteiger partial charge in [-0.2, -0.15) is 5.10 Å². The molecule has 21 heavy (non-hydrogen) atoms. The third kappa shape index (κ3) is 4.93. The predicted molar refractivity (Wildman–Crippen MR) is 82.2 cm³/mol. The smallest absolute Gasteiger partial charge is 0.157 e. The number of rotatable bonds is 7. The Kier molecular flexibility index (Phi) is 5.07. The van der Waals surface area contributed by atoms with Crippen molar-refractivity contribution in [3.8, 4) is 5.75 Å². The minimum Gasteiger partial charge on any atom is -0.485 e. The minimum absolute atomic E-state index is 0.0617. The summed E-state index contributed by atoms with van der Waals surface area (Å²) in [5.74, 6) is 1.71. The van der Waals surface area contributed by atoms with Gasteiger partial charge in [-0.05, 0) is 33.3 Å². The van der Waals surface area contributed by atoms with Crippen LogP contribution in [0.5, 0.6) is 5.75 Å². The van der Waals surface area contributed by atoms with Crippen LogP contribution >= 0.6 is 0 Å². The van der Waals surface area contributed by atoms with Gasteiger partial charge in [-0.1, -0.05) is 6.92 Å². The number of aryl methyl sites for hydroxylation is 1. The lowest BCUT2D eigenvalue weighted by molar-refractivity contribution is 0.298. The Hall–Kier alpha value is -1.75. The topological polar surface area (TPSA) is 52.2 Å². The van der Waals surface area contributed by atoms with Gasteiger partial charge >= 0.3 is 0 Å². The van der Waals surface area contributed by atoms with Crippen LogP contribution < -0.4 is 10.1 Å². The SMILES string of the molecule is CCCn1cc(OCc2ccoc2CNC(C)(C)C)cn1. The van der Waals surface area contributed by atoms with E-state index in [0.717, 1.165) is 30.0 Å². The number of nitrogens with zero attached hydrogens (tertiary/aromatic N) is 2. The molecule has 2 aromatic heterocycles. The van der Waals surface area contributed by atoms with Crippen molar-refractivity contribution in [2.45, 2.75) is 59.4 Å². The van der Waals surface area contributed by atoms with Crippen molar-refractivity contribution in [3.63, 3.8) is 0 Å². The molecule has 0 aliphatic rings. The normalized spacial score (nSPS) is 11.8. The molecule has 5 heteroatoms. The second kappa shape index (κ2) is 6.80.